The summed E-state index contributed by atoms with van der Waals surface area (Å²) in [6.45, 7) is 6.03. The van der Waals surface area contributed by atoms with Crippen molar-refractivity contribution in [2.24, 2.45) is 0 Å². The van der Waals surface area contributed by atoms with E-state index in [2.05, 4.69) is 9.80 Å². The number of carbonyl (C=O) groups is 2. The summed E-state index contributed by atoms with van der Waals surface area (Å²) in [5.41, 5.74) is 0.153. The number of piperazine rings is 3. The summed E-state index contributed by atoms with van der Waals surface area (Å²) in [7, 11) is -2.81. The van der Waals surface area contributed by atoms with Crippen LogP contribution in [-0.2, 0) is 19.9 Å². The number of hydrogen-bond donors (Lipinski definition) is 0. The molecule has 0 aromatic heterocycles. The lowest BCUT2D eigenvalue weighted by Crippen LogP contribution is -2.47. The van der Waals surface area contributed by atoms with Gasteiger partial charge in [-0.15, -0.1) is 0 Å². The van der Waals surface area contributed by atoms with Gasteiger partial charge in [0.15, 0.2) is 5.75 Å². The number of likely N-dealkylation sites (N-methyl/N-ethyl adjacent to an activating group) is 3. The SMILES string of the molecule is CN1CCN(C(=O)c2ccc3c(c2)S(=O)(=O)c2cc(C(=O)N4CCN(C)CC4)cc(S(=O)(=O)N4CCN(C)CC4)c2O3)CC1. The molecule has 2 aromatic rings. The topological polar surface area (TPSA) is 131 Å². The molecule has 6 rings (SSSR count). The van der Waals surface area contributed by atoms with Crippen LogP contribution in [0.25, 0.3) is 0 Å². The molecule has 13 nitrogen and oxygen atoms in total. The normalized spacial score (nSPS) is 21.8. The Morgan fingerprint density at radius 3 is 1.68 bits per heavy atom. The lowest BCUT2D eigenvalue weighted by molar-refractivity contribution is 0.0657. The van der Waals surface area contributed by atoms with Gasteiger partial charge in [0.1, 0.15) is 20.4 Å². The number of benzene rings is 2. The number of sulfone groups is 1. The average molecular weight is 647 g/mol. The number of hydrogen-bond acceptors (Lipinski definition) is 10. The minimum atomic E-state index is -4.39. The lowest BCUT2D eigenvalue weighted by atomic mass is 10.1. The van der Waals surface area contributed by atoms with E-state index in [0.29, 0.717) is 65.4 Å². The van der Waals surface area contributed by atoms with Crippen molar-refractivity contribution in [2.75, 3.05) is 99.7 Å². The van der Waals surface area contributed by atoms with Crippen LogP contribution in [0.3, 0.4) is 0 Å². The highest BCUT2D eigenvalue weighted by atomic mass is 32.2. The maximum Gasteiger partial charge on any atom is 0.254 e. The molecule has 44 heavy (non-hydrogen) atoms. The van der Waals surface area contributed by atoms with Gasteiger partial charge in [-0.05, 0) is 51.5 Å². The highest BCUT2D eigenvalue weighted by Crippen LogP contribution is 2.47. The van der Waals surface area contributed by atoms with Crippen LogP contribution in [0.4, 0.5) is 0 Å². The van der Waals surface area contributed by atoms with E-state index in [1.54, 1.807) is 9.80 Å². The van der Waals surface area contributed by atoms with Gasteiger partial charge in [0, 0.05) is 89.7 Å². The van der Waals surface area contributed by atoms with Crippen molar-refractivity contribution in [1.29, 1.82) is 0 Å². The first kappa shape index (κ1) is 30.9. The van der Waals surface area contributed by atoms with E-state index in [-0.39, 0.29) is 51.4 Å². The summed E-state index contributed by atoms with van der Waals surface area (Å²) < 4.78 is 64.0. The summed E-state index contributed by atoms with van der Waals surface area (Å²) in [6.07, 6.45) is 0. The van der Waals surface area contributed by atoms with E-state index < -0.39 is 30.7 Å². The summed E-state index contributed by atoms with van der Waals surface area (Å²) in [6, 6.07) is 6.65. The number of fused-ring (bicyclic) bond motifs is 2. The van der Waals surface area contributed by atoms with Gasteiger partial charge in [0.25, 0.3) is 11.8 Å². The number of ether oxygens (including phenoxy) is 1. The Kier molecular flexibility index (Phi) is 8.22. The Labute approximate surface area is 258 Å². The number of sulfonamides is 1. The molecule has 15 heteroatoms. The predicted octanol–water partition coefficient (Wildman–Crippen LogP) is 0.336. The van der Waals surface area contributed by atoms with Crippen molar-refractivity contribution in [1.82, 2.24) is 28.8 Å². The summed E-state index contributed by atoms with van der Waals surface area (Å²) in [4.78, 5) is 35.5. The van der Waals surface area contributed by atoms with Crippen molar-refractivity contribution >= 4 is 31.7 Å². The molecule has 0 bridgehead atoms. The minimum absolute atomic E-state index is 0.0405. The van der Waals surface area contributed by atoms with Gasteiger partial charge >= 0.3 is 0 Å². The highest BCUT2D eigenvalue weighted by Gasteiger charge is 2.40. The first-order valence-electron chi connectivity index (χ1n) is 14.8. The quantitative estimate of drug-likeness (QED) is 0.391. The fourth-order valence-corrected chi connectivity index (χ4v) is 9.13. The van der Waals surface area contributed by atoms with E-state index in [1.165, 1.54) is 34.6 Å². The number of rotatable bonds is 4. The molecule has 4 heterocycles. The van der Waals surface area contributed by atoms with E-state index >= 15 is 0 Å². The largest absolute Gasteiger partial charge is 0.453 e. The molecular formula is C29H38N6O7S2. The maximum atomic E-state index is 14.2. The van der Waals surface area contributed by atoms with Crippen LogP contribution in [0.2, 0.25) is 0 Å². The fourth-order valence-electron chi connectivity index (χ4n) is 5.91. The molecule has 0 saturated carbocycles. The van der Waals surface area contributed by atoms with Gasteiger partial charge in [-0.3, -0.25) is 9.59 Å². The minimum Gasteiger partial charge on any atom is -0.453 e. The molecule has 4 aliphatic rings. The third kappa shape index (κ3) is 5.61. The van der Waals surface area contributed by atoms with Gasteiger partial charge in [-0.25, -0.2) is 16.8 Å². The lowest BCUT2D eigenvalue weighted by Gasteiger charge is -2.34. The Morgan fingerprint density at radius 1 is 0.659 bits per heavy atom. The van der Waals surface area contributed by atoms with Crippen molar-refractivity contribution in [3.8, 4) is 11.5 Å². The first-order valence-corrected chi connectivity index (χ1v) is 17.7. The monoisotopic (exact) mass is 646 g/mol. The van der Waals surface area contributed by atoms with Gasteiger partial charge in [0.2, 0.25) is 19.9 Å². The molecule has 2 aromatic carbocycles. The third-order valence-corrected chi connectivity index (χ3v) is 12.6. The molecule has 3 fully saturated rings. The highest BCUT2D eigenvalue weighted by molar-refractivity contribution is 7.92. The molecule has 0 aliphatic carbocycles. The van der Waals surface area contributed by atoms with E-state index in [9.17, 15) is 26.4 Å². The number of carbonyl (C=O) groups excluding carboxylic acids is 2. The zero-order valence-electron chi connectivity index (χ0n) is 25.2. The van der Waals surface area contributed by atoms with E-state index in [4.69, 9.17) is 4.74 Å². The fraction of sp³-hybridized carbons (Fsp3) is 0.517. The number of amides is 2. The smallest absolute Gasteiger partial charge is 0.254 e. The van der Waals surface area contributed by atoms with Crippen molar-refractivity contribution in [2.45, 2.75) is 14.7 Å². The van der Waals surface area contributed by atoms with Crippen LogP contribution in [0.5, 0.6) is 11.5 Å². The van der Waals surface area contributed by atoms with Crippen LogP contribution in [0.1, 0.15) is 20.7 Å². The van der Waals surface area contributed by atoms with Gasteiger partial charge < -0.3 is 29.2 Å². The van der Waals surface area contributed by atoms with Gasteiger partial charge in [0.05, 0.1) is 0 Å². The Morgan fingerprint density at radius 2 is 1.14 bits per heavy atom. The summed E-state index contributed by atoms with van der Waals surface area (Å²) in [5.74, 6) is -1.14. The zero-order valence-corrected chi connectivity index (χ0v) is 26.9. The maximum absolute atomic E-state index is 14.2. The van der Waals surface area contributed by atoms with Gasteiger partial charge in [-0.2, -0.15) is 4.31 Å². The Bertz CT molecular complexity index is 1690. The van der Waals surface area contributed by atoms with E-state index in [1.807, 2.05) is 26.0 Å². The molecular weight excluding hydrogens is 608 g/mol. The second-order valence-electron chi connectivity index (χ2n) is 12.0. The molecule has 3 saturated heterocycles. The van der Waals surface area contributed by atoms with Crippen molar-refractivity contribution in [3.63, 3.8) is 0 Å². The van der Waals surface area contributed by atoms with Crippen molar-refractivity contribution in [3.05, 3.63) is 41.5 Å². The van der Waals surface area contributed by atoms with Crippen LogP contribution in [0, 0.1) is 0 Å². The molecule has 4 aliphatic heterocycles. The molecule has 0 radical (unpaired) electrons. The first-order chi connectivity index (χ1) is 20.9. The Balaban J connectivity index is 1.43. The second-order valence-corrected chi connectivity index (χ2v) is 15.8. The molecule has 238 valence electrons. The van der Waals surface area contributed by atoms with Crippen LogP contribution >= 0.6 is 0 Å². The number of nitrogens with zero attached hydrogens (tertiary/aromatic N) is 6. The molecule has 0 spiro atoms. The molecule has 0 atom stereocenters. The van der Waals surface area contributed by atoms with Crippen molar-refractivity contribution < 1.29 is 31.2 Å². The predicted molar refractivity (Wildman–Crippen MR) is 161 cm³/mol. The van der Waals surface area contributed by atoms with Crippen LogP contribution < -0.4 is 4.74 Å². The summed E-state index contributed by atoms with van der Waals surface area (Å²) >= 11 is 0. The second kappa shape index (κ2) is 11.7. The van der Waals surface area contributed by atoms with E-state index in [0.717, 1.165) is 0 Å². The molecule has 0 N–H and O–H groups in total. The Hall–Kier alpha value is -3.08. The van der Waals surface area contributed by atoms with Crippen LogP contribution in [0.15, 0.2) is 45.0 Å². The standard InChI is InChI=1S/C29H38N6O7S2/c1-30-6-12-33(13-7-30)28(36)21-4-5-23-24(18-21)43(38,39)25-19-22(29(37)34-14-8-31(2)9-15-34)20-26(27(25)42-23)44(40,41)35-16-10-32(3)11-17-35/h4-5,18-20H,6-17H2,1-3H3. The van der Waals surface area contributed by atoms with Crippen LogP contribution in [-0.4, -0.2) is 157 Å². The molecule has 0 unspecified atom stereocenters. The molecule has 2 amide bonds. The average Bonchev–Trinajstić information content (AvgIpc) is 3.01. The zero-order chi connectivity index (χ0) is 31.4. The summed E-state index contributed by atoms with van der Waals surface area (Å²) in [5, 5.41) is 0. The van der Waals surface area contributed by atoms with Gasteiger partial charge in [-0.1, -0.05) is 0 Å². The third-order valence-electron chi connectivity index (χ3n) is 8.91.